The van der Waals surface area contributed by atoms with Crippen molar-refractivity contribution in [3.8, 4) is 0 Å². The molecule has 0 unspecified atom stereocenters. The average molecular weight is 326 g/mol. The summed E-state index contributed by atoms with van der Waals surface area (Å²) in [5.41, 5.74) is 2.37. The van der Waals surface area contributed by atoms with E-state index in [1.165, 1.54) is 6.07 Å². The molecular weight excluding hydrogens is 312 g/mol. The lowest BCUT2D eigenvalue weighted by Gasteiger charge is -2.09. The van der Waals surface area contributed by atoms with Gasteiger partial charge in [0.2, 0.25) is 5.95 Å². The van der Waals surface area contributed by atoms with Crippen molar-refractivity contribution in [1.82, 2.24) is 14.7 Å². The van der Waals surface area contributed by atoms with E-state index in [0.717, 1.165) is 28.3 Å². The highest BCUT2D eigenvalue weighted by Gasteiger charge is 2.19. The number of nitrogens with one attached hydrogen (secondary N) is 2. The van der Waals surface area contributed by atoms with Gasteiger partial charge in [-0.2, -0.15) is 0 Å². The highest BCUT2D eigenvalue weighted by Crippen LogP contribution is 2.15. The van der Waals surface area contributed by atoms with Gasteiger partial charge >= 0.3 is 6.03 Å². The third-order valence-corrected chi connectivity index (χ3v) is 5.57. The maximum absolute atomic E-state index is 11.9. The van der Waals surface area contributed by atoms with E-state index >= 15 is 0 Å². The van der Waals surface area contributed by atoms with Crippen LogP contribution in [0.1, 0.15) is 17.0 Å². The quantitative estimate of drug-likeness (QED) is 0.898. The number of nitrogens with zero attached hydrogens (tertiary/aromatic N) is 2. The predicted molar refractivity (Wildman–Crippen MR) is 79.9 cm³/mol. The van der Waals surface area contributed by atoms with Crippen molar-refractivity contribution in [1.29, 1.82) is 0 Å². The molecule has 0 aromatic carbocycles. The molecule has 21 heavy (non-hydrogen) atoms. The number of thiophene rings is 1. The summed E-state index contributed by atoms with van der Waals surface area (Å²) in [5, 5.41) is 3.94. The number of anilines is 1. The molecule has 112 valence electrons. The molecule has 0 atom stereocenters. The second kappa shape index (κ2) is 5.78. The fourth-order valence-corrected chi connectivity index (χ4v) is 3.44. The van der Waals surface area contributed by atoms with Gasteiger partial charge in [0.1, 0.15) is 4.21 Å². The summed E-state index contributed by atoms with van der Waals surface area (Å²) in [5.74, 6) is 0.0643. The third kappa shape index (κ3) is 3.56. The largest absolute Gasteiger partial charge is 0.335 e. The Hall–Kier alpha value is -2.00. The number of amides is 2. The Labute approximate surface area is 126 Å². The fraction of sp³-hybridized carbons (Fsp3) is 0.250. The summed E-state index contributed by atoms with van der Waals surface area (Å²) in [6.07, 6.45) is 0. The molecular formula is C12H14N4O3S2. The lowest BCUT2D eigenvalue weighted by molar-refractivity contribution is 0.256. The number of carbonyl (C=O) groups excluding carboxylic acids is 1. The number of aromatic nitrogens is 2. The van der Waals surface area contributed by atoms with Gasteiger partial charge in [0.15, 0.2) is 0 Å². The van der Waals surface area contributed by atoms with Crippen LogP contribution in [0.4, 0.5) is 10.7 Å². The molecule has 2 N–H and O–H groups in total. The van der Waals surface area contributed by atoms with Crippen molar-refractivity contribution in [2.24, 2.45) is 0 Å². The van der Waals surface area contributed by atoms with Crippen molar-refractivity contribution in [3.63, 3.8) is 0 Å². The molecule has 2 rings (SSSR count). The molecule has 0 spiro atoms. The van der Waals surface area contributed by atoms with Crippen LogP contribution in [0.15, 0.2) is 21.7 Å². The van der Waals surface area contributed by atoms with E-state index in [0.29, 0.717) is 0 Å². The van der Waals surface area contributed by atoms with Crippen LogP contribution >= 0.6 is 11.3 Å². The number of hydrogen-bond acceptors (Lipinski definition) is 6. The van der Waals surface area contributed by atoms with Crippen LogP contribution in [0, 0.1) is 20.8 Å². The van der Waals surface area contributed by atoms with Gasteiger partial charge in [-0.05, 0) is 37.8 Å². The van der Waals surface area contributed by atoms with E-state index in [4.69, 9.17) is 0 Å². The molecule has 2 aromatic heterocycles. The summed E-state index contributed by atoms with van der Waals surface area (Å²) in [7, 11) is -3.86. The lowest BCUT2D eigenvalue weighted by atomic mass is 10.2. The number of sulfonamides is 1. The molecule has 0 saturated heterocycles. The second-order valence-corrected chi connectivity index (χ2v) is 7.19. The van der Waals surface area contributed by atoms with E-state index in [1.54, 1.807) is 25.3 Å². The van der Waals surface area contributed by atoms with Crippen LogP contribution in [-0.2, 0) is 10.0 Å². The van der Waals surface area contributed by atoms with Gasteiger partial charge < -0.3 is 0 Å². The van der Waals surface area contributed by atoms with Crippen molar-refractivity contribution in [2.45, 2.75) is 25.0 Å². The van der Waals surface area contributed by atoms with Gasteiger partial charge in [0.05, 0.1) is 0 Å². The van der Waals surface area contributed by atoms with E-state index in [-0.39, 0.29) is 10.2 Å². The zero-order chi connectivity index (χ0) is 15.6. The fourth-order valence-electron chi connectivity index (χ4n) is 1.54. The van der Waals surface area contributed by atoms with E-state index in [1.807, 2.05) is 11.6 Å². The van der Waals surface area contributed by atoms with E-state index in [2.05, 4.69) is 15.3 Å². The van der Waals surface area contributed by atoms with Gasteiger partial charge in [-0.15, -0.1) is 11.3 Å². The van der Waals surface area contributed by atoms with Crippen LogP contribution < -0.4 is 10.0 Å². The van der Waals surface area contributed by atoms with Crippen LogP contribution in [0.25, 0.3) is 0 Å². The zero-order valence-corrected chi connectivity index (χ0v) is 13.3. The molecule has 0 bridgehead atoms. The zero-order valence-electron chi connectivity index (χ0n) is 11.7. The minimum Gasteiger partial charge on any atom is -0.275 e. The summed E-state index contributed by atoms with van der Waals surface area (Å²) >= 11 is 1.02. The number of carbonyl (C=O) groups is 1. The van der Waals surface area contributed by atoms with E-state index < -0.39 is 16.1 Å². The molecule has 0 fully saturated rings. The van der Waals surface area contributed by atoms with Gasteiger partial charge in [0.25, 0.3) is 10.0 Å². The van der Waals surface area contributed by atoms with Gasteiger partial charge in [-0.25, -0.2) is 27.9 Å². The second-order valence-electron chi connectivity index (χ2n) is 4.33. The molecule has 0 saturated carbocycles. The molecule has 9 heteroatoms. The SMILES string of the molecule is Cc1nc(NC(=O)NS(=O)(=O)c2cccs2)nc(C)c1C. The minimum absolute atomic E-state index is 0.0643. The maximum Gasteiger partial charge on any atom is 0.335 e. The van der Waals surface area contributed by atoms with Crippen LogP contribution in [0.3, 0.4) is 0 Å². The molecule has 2 aromatic rings. The summed E-state index contributed by atoms with van der Waals surface area (Å²) in [6, 6.07) is 2.11. The summed E-state index contributed by atoms with van der Waals surface area (Å²) in [4.78, 5) is 19.9. The molecule has 2 amide bonds. The number of urea groups is 1. The number of rotatable bonds is 3. The molecule has 0 aliphatic carbocycles. The Bertz CT molecular complexity index is 747. The Kier molecular flexibility index (Phi) is 4.24. The van der Waals surface area contributed by atoms with Gasteiger partial charge in [0, 0.05) is 11.4 Å². The highest BCUT2D eigenvalue weighted by atomic mass is 32.2. The number of hydrogen-bond donors (Lipinski definition) is 2. The van der Waals surface area contributed by atoms with Gasteiger partial charge in [-0.1, -0.05) is 6.07 Å². The number of aryl methyl sites for hydroxylation is 2. The minimum atomic E-state index is -3.86. The molecule has 2 heterocycles. The topological polar surface area (TPSA) is 101 Å². The highest BCUT2D eigenvalue weighted by molar-refractivity contribution is 7.92. The first-order valence-electron chi connectivity index (χ1n) is 5.99. The van der Waals surface area contributed by atoms with Crippen LogP contribution in [0.2, 0.25) is 0 Å². The standard InChI is InChI=1S/C12H14N4O3S2/c1-7-8(2)13-11(14-9(7)3)15-12(17)16-21(18,19)10-5-4-6-20-10/h4-6H,1-3H3,(H2,13,14,15,16,17). The predicted octanol–water partition coefficient (Wildman–Crippen LogP) is 1.97. The molecule has 0 aliphatic rings. The molecule has 7 nitrogen and oxygen atoms in total. The van der Waals surface area contributed by atoms with Crippen molar-refractivity contribution in [2.75, 3.05) is 5.32 Å². The van der Waals surface area contributed by atoms with Crippen molar-refractivity contribution < 1.29 is 13.2 Å². The Balaban J connectivity index is 2.13. The monoisotopic (exact) mass is 326 g/mol. The van der Waals surface area contributed by atoms with Crippen LogP contribution in [-0.4, -0.2) is 24.4 Å². The molecule has 0 radical (unpaired) electrons. The molecule has 0 aliphatic heterocycles. The smallest absolute Gasteiger partial charge is 0.275 e. The van der Waals surface area contributed by atoms with Crippen LogP contribution in [0.5, 0.6) is 0 Å². The Morgan fingerprint density at radius 2 is 1.81 bits per heavy atom. The lowest BCUT2D eigenvalue weighted by Crippen LogP contribution is -2.34. The summed E-state index contributed by atoms with van der Waals surface area (Å²) < 4.78 is 25.7. The maximum atomic E-state index is 11.9. The van der Waals surface area contributed by atoms with E-state index in [9.17, 15) is 13.2 Å². The normalized spacial score (nSPS) is 11.2. The summed E-state index contributed by atoms with van der Waals surface area (Å²) in [6.45, 7) is 5.45. The average Bonchev–Trinajstić information content (AvgIpc) is 2.89. The first-order valence-corrected chi connectivity index (χ1v) is 8.35. The van der Waals surface area contributed by atoms with Gasteiger partial charge in [-0.3, -0.25) is 5.32 Å². The Morgan fingerprint density at radius 3 is 2.33 bits per heavy atom. The first-order chi connectivity index (χ1) is 9.79. The first kappa shape index (κ1) is 15.4. The van der Waals surface area contributed by atoms with Crippen molar-refractivity contribution in [3.05, 3.63) is 34.5 Å². The third-order valence-electron chi connectivity index (χ3n) is 2.84. The Morgan fingerprint density at radius 1 is 1.19 bits per heavy atom. The van der Waals surface area contributed by atoms with Crippen molar-refractivity contribution >= 4 is 33.3 Å².